The average molecular weight is 328 g/mol. The topological polar surface area (TPSA) is 12.0 Å². The van der Waals surface area contributed by atoms with E-state index in [0.29, 0.717) is 0 Å². The summed E-state index contributed by atoms with van der Waals surface area (Å²) < 4.78 is 14.3. The molecule has 0 aliphatic heterocycles. The molecule has 2 atom stereocenters. The molecule has 0 saturated carbocycles. The smallest absolute Gasteiger partial charge is 0.123 e. The zero-order valence-corrected chi connectivity index (χ0v) is 12.7. The lowest BCUT2D eigenvalue weighted by Crippen LogP contribution is -2.22. The van der Waals surface area contributed by atoms with E-state index < -0.39 is 0 Å². The van der Waals surface area contributed by atoms with Crippen LogP contribution in [0.1, 0.15) is 36.4 Å². The Bertz CT molecular complexity index is 526. The van der Waals surface area contributed by atoms with Gasteiger partial charge in [-0.1, -0.05) is 12.1 Å². The van der Waals surface area contributed by atoms with Crippen molar-refractivity contribution in [2.24, 2.45) is 0 Å². The summed E-state index contributed by atoms with van der Waals surface area (Å²) >= 11 is 5.25. The summed E-state index contributed by atoms with van der Waals surface area (Å²) in [6, 6.07) is 9.13. The summed E-state index contributed by atoms with van der Waals surface area (Å²) in [6.07, 6.45) is 0. The van der Waals surface area contributed by atoms with E-state index in [1.807, 2.05) is 19.1 Å². The number of hydrogen-bond donors (Lipinski definition) is 1. The van der Waals surface area contributed by atoms with Gasteiger partial charge in [0.05, 0.1) is 0 Å². The Morgan fingerprint density at radius 2 is 2.00 bits per heavy atom. The number of nitrogens with one attached hydrogen (secondary N) is 1. The fraction of sp³-hybridized carbons (Fsp3) is 0.286. The third kappa shape index (κ3) is 3.19. The first-order valence-corrected chi connectivity index (χ1v) is 7.49. The Hall–Kier alpha value is -0.710. The second kappa shape index (κ2) is 5.95. The lowest BCUT2D eigenvalue weighted by atomic mass is 10.1. The summed E-state index contributed by atoms with van der Waals surface area (Å²) in [7, 11) is 0. The minimum atomic E-state index is -0.189. The highest BCUT2D eigenvalue weighted by molar-refractivity contribution is 9.10. The van der Waals surface area contributed by atoms with Gasteiger partial charge < -0.3 is 5.32 Å². The fourth-order valence-corrected chi connectivity index (χ4v) is 3.67. The number of benzene rings is 1. The summed E-state index contributed by atoms with van der Waals surface area (Å²) in [5.41, 5.74) is 0.967. The highest BCUT2D eigenvalue weighted by atomic mass is 79.9. The molecule has 0 saturated heterocycles. The van der Waals surface area contributed by atoms with Crippen molar-refractivity contribution in [3.63, 3.8) is 0 Å². The Balaban J connectivity index is 2.08. The molecule has 0 aliphatic carbocycles. The van der Waals surface area contributed by atoms with Crippen LogP contribution in [-0.4, -0.2) is 0 Å². The monoisotopic (exact) mass is 327 g/mol. The lowest BCUT2D eigenvalue weighted by Gasteiger charge is -2.20. The van der Waals surface area contributed by atoms with Crippen LogP contribution >= 0.6 is 27.3 Å². The van der Waals surface area contributed by atoms with Crippen LogP contribution in [0.3, 0.4) is 0 Å². The van der Waals surface area contributed by atoms with Crippen molar-refractivity contribution in [3.05, 3.63) is 56.4 Å². The fourth-order valence-electron chi connectivity index (χ4n) is 1.94. The van der Waals surface area contributed by atoms with E-state index in [-0.39, 0.29) is 17.9 Å². The quantitative estimate of drug-likeness (QED) is 0.827. The SMILES string of the molecule is CC(NC(C)c1sccc1Br)c1cccc(F)c1. The van der Waals surface area contributed by atoms with Crippen molar-refractivity contribution in [1.82, 2.24) is 5.32 Å². The van der Waals surface area contributed by atoms with Crippen LogP contribution in [-0.2, 0) is 0 Å². The molecule has 0 spiro atoms. The van der Waals surface area contributed by atoms with Crippen LogP contribution in [0, 0.1) is 5.82 Å². The van der Waals surface area contributed by atoms with E-state index in [9.17, 15) is 4.39 Å². The van der Waals surface area contributed by atoms with Gasteiger partial charge >= 0.3 is 0 Å². The predicted molar refractivity (Wildman–Crippen MR) is 78.4 cm³/mol. The van der Waals surface area contributed by atoms with Crippen molar-refractivity contribution in [3.8, 4) is 0 Å². The molecule has 1 heterocycles. The van der Waals surface area contributed by atoms with Crippen LogP contribution in [0.5, 0.6) is 0 Å². The molecule has 96 valence electrons. The summed E-state index contributed by atoms with van der Waals surface area (Å²) in [5.74, 6) is -0.189. The molecule has 18 heavy (non-hydrogen) atoms. The van der Waals surface area contributed by atoms with Crippen LogP contribution < -0.4 is 5.32 Å². The van der Waals surface area contributed by atoms with E-state index in [4.69, 9.17) is 0 Å². The van der Waals surface area contributed by atoms with Crippen LogP contribution in [0.4, 0.5) is 4.39 Å². The van der Waals surface area contributed by atoms with Gasteiger partial charge in [-0.15, -0.1) is 11.3 Å². The van der Waals surface area contributed by atoms with Gasteiger partial charge in [0, 0.05) is 21.4 Å². The average Bonchev–Trinajstić information content (AvgIpc) is 2.75. The molecule has 1 aromatic heterocycles. The number of rotatable bonds is 4. The molecular formula is C14H15BrFNS. The standard InChI is InChI=1S/C14H15BrFNS/c1-9(11-4-3-5-12(16)8-11)17-10(2)14-13(15)6-7-18-14/h3-10,17H,1-2H3. The Morgan fingerprint density at radius 1 is 1.22 bits per heavy atom. The second-order valence-corrected chi connectivity index (χ2v) is 6.10. The largest absolute Gasteiger partial charge is 0.303 e. The molecule has 0 radical (unpaired) electrons. The molecule has 2 aromatic rings. The summed E-state index contributed by atoms with van der Waals surface area (Å²) in [5, 5.41) is 5.54. The molecule has 4 heteroatoms. The maximum absolute atomic E-state index is 13.2. The van der Waals surface area contributed by atoms with E-state index in [2.05, 4.69) is 33.6 Å². The molecule has 1 N–H and O–H groups in total. The summed E-state index contributed by atoms with van der Waals surface area (Å²) in [4.78, 5) is 1.26. The van der Waals surface area contributed by atoms with Crippen molar-refractivity contribution in [1.29, 1.82) is 0 Å². The van der Waals surface area contributed by atoms with Gasteiger partial charge in [0.15, 0.2) is 0 Å². The highest BCUT2D eigenvalue weighted by Gasteiger charge is 2.14. The van der Waals surface area contributed by atoms with Crippen LogP contribution in [0.25, 0.3) is 0 Å². The maximum atomic E-state index is 13.2. The van der Waals surface area contributed by atoms with Gasteiger partial charge in [0.2, 0.25) is 0 Å². The van der Waals surface area contributed by atoms with Crippen LogP contribution in [0.15, 0.2) is 40.2 Å². The number of hydrogen-bond acceptors (Lipinski definition) is 2. The minimum Gasteiger partial charge on any atom is -0.303 e. The van der Waals surface area contributed by atoms with Gasteiger partial charge in [-0.05, 0) is 58.9 Å². The molecule has 1 nitrogen and oxygen atoms in total. The predicted octanol–water partition coefficient (Wildman–Crippen LogP) is 5.06. The minimum absolute atomic E-state index is 0.115. The van der Waals surface area contributed by atoms with Gasteiger partial charge in [0.1, 0.15) is 5.82 Å². The van der Waals surface area contributed by atoms with Gasteiger partial charge in [-0.25, -0.2) is 4.39 Å². The lowest BCUT2D eigenvalue weighted by molar-refractivity contribution is 0.496. The number of halogens is 2. The van der Waals surface area contributed by atoms with E-state index in [1.165, 1.54) is 10.9 Å². The molecule has 0 fully saturated rings. The Kier molecular flexibility index (Phi) is 4.54. The van der Waals surface area contributed by atoms with Crippen molar-refractivity contribution in [2.75, 3.05) is 0 Å². The molecule has 0 bridgehead atoms. The zero-order valence-electron chi connectivity index (χ0n) is 10.3. The Labute approximate surface area is 119 Å². The molecule has 2 rings (SSSR count). The first-order valence-electron chi connectivity index (χ1n) is 5.82. The maximum Gasteiger partial charge on any atom is 0.123 e. The van der Waals surface area contributed by atoms with Gasteiger partial charge in [-0.2, -0.15) is 0 Å². The van der Waals surface area contributed by atoms with E-state index in [0.717, 1.165) is 10.0 Å². The normalized spacial score (nSPS) is 14.4. The van der Waals surface area contributed by atoms with Crippen molar-refractivity contribution < 1.29 is 4.39 Å². The third-order valence-corrected chi connectivity index (χ3v) is 4.94. The van der Waals surface area contributed by atoms with Crippen molar-refractivity contribution in [2.45, 2.75) is 25.9 Å². The molecular weight excluding hydrogens is 313 g/mol. The van der Waals surface area contributed by atoms with E-state index >= 15 is 0 Å². The van der Waals surface area contributed by atoms with Gasteiger partial charge in [0.25, 0.3) is 0 Å². The molecule has 0 amide bonds. The summed E-state index contributed by atoms with van der Waals surface area (Å²) in [6.45, 7) is 4.17. The number of thiophene rings is 1. The highest BCUT2D eigenvalue weighted by Crippen LogP contribution is 2.30. The van der Waals surface area contributed by atoms with Crippen molar-refractivity contribution >= 4 is 27.3 Å². The van der Waals surface area contributed by atoms with E-state index in [1.54, 1.807) is 23.5 Å². The zero-order chi connectivity index (χ0) is 13.1. The second-order valence-electron chi connectivity index (χ2n) is 4.30. The Morgan fingerprint density at radius 3 is 2.61 bits per heavy atom. The molecule has 1 aromatic carbocycles. The molecule has 0 aliphatic rings. The third-order valence-electron chi connectivity index (χ3n) is 2.89. The molecule has 2 unspecified atom stereocenters. The first kappa shape index (κ1) is 13.7. The van der Waals surface area contributed by atoms with Gasteiger partial charge in [-0.3, -0.25) is 0 Å². The first-order chi connectivity index (χ1) is 8.58. The van der Waals surface area contributed by atoms with Crippen LogP contribution in [0.2, 0.25) is 0 Å².